The van der Waals surface area contributed by atoms with E-state index in [9.17, 15) is 9.59 Å². The minimum absolute atomic E-state index is 0.0927. The normalized spacial score (nSPS) is 11.4. The fourth-order valence-electron chi connectivity index (χ4n) is 4.09. The number of benzene rings is 2. The summed E-state index contributed by atoms with van der Waals surface area (Å²) in [5.74, 6) is 1.44. The number of H-pyrrole nitrogens is 1. The first-order valence-electron chi connectivity index (χ1n) is 12.5. The number of amides is 1. The number of aromatic nitrogens is 3. The number of imidazole rings is 1. The summed E-state index contributed by atoms with van der Waals surface area (Å²) < 4.78 is 11.7. The largest absolute Gasteiger partial charge is 0.494 e. The Morgan fingerprint density at radius 1 is 0.974 bits per heavy atom. The number of ether oxygens (including phenoxy) is 2. The van der Waals surface area contributed by atoms with E-state index < -0.39 is 5.54 Å². The number of rotatable bonds is 11. The van der Waals surface area contributed by atoms with Gasteiger partial charge >= 0.3 is 6.01 Å². The first-order chi connectivity index (χ1) is 18.1. The van der Waals surface area contributed by atoms with Crippen LogP contribution in [-0.4, -0.2) is 33.2 Å². The van der Waals surface area contributed by atoms with Gasteiger partial charge in [-0.05, 0) is 81.6 Å². The summed E-state index contributed by atoms with van der Waals surface area (Å²) in [7, 11) is 0. The molecule has 1 amide bonds. The van der Waals surface area contributed by atoms with Crippen molar-refractivity contribution in [2.45, 2.75) is 52.5 Å². The van der Waals surface area contributed by atoms with Crippen LogP contribution < -0.4 is 14.8 Å². The number of fused-ring (bicyclic) bond motifs is 1. The van der Waals surface area contributed by atoms with Crippen molar-refractivity contribution < 1.29 is 19.1 Å². The molecule has 8 nitrogen and oxygen atoms in total. The van der Waals surface area contributed by atoms with Gasteiger partial charge in [0.1, 0.15) is 17.3 Å². The number of Topliss-reactive ketones (excluding diaryl/α,β-unsaturated/α-hetero) is 1. The molecule has 2 aromatic carbocycles. The van der Waals surface area contributed by atoms with Crippen molar-refractivity contribution in [2.24, 2.45) is 0 Å². The Balaban J connectivity index is 1.44. The molecular formula is C29H31ClN4O4. The van der Waals surface area contributed by atoms with E-state index in [2.05, 4.69) is 20.3 Å². The second kappa shape index (κ2) is 11.6. The highest BCUT2D eigenvalue weighted by molar-refractivity contribution is 6.33. The van der Waals surface area contributed by atoms with Crippen molar-refractivity contribution in [1.82, 2.24) is 20.3 Å². The Kier molecular flexibility index (Phi) is 8.32. The number of unbranched alkanes of at least 4 members (excludes halogenated alkanes) is 1. The third-order valence-electron chi connectivity index (χ3n) is 6.00. The maximum Gasteiger partial charge on any atom is 0.301 e. The zero-order chi connectivity index (χ0) is 27.3. The Hall–Kier alpha value is -3.91. The van der Waals surface area contributed by atoms with Crippen molar-refractivity contribution in [2.75, 3.05) is 6.61 Å². The van der Waals surface area contributed by atoms with Gasteiger partial charge in [-0.3, -0.25) is 4.79 Å². The van der Waals surface area contributed by atoms with Crippen molar-refractivity contribution in [1.29, 1.82) is 0 Å². The molecule has 0 radical (unpaired) electrons. The summed E-state index contributed by atoms with van der Waals surface area (Å²) in [6.07, 6.45) is 2.23. The standard InChI is InChI=1S/C29H31ClN4O4/c1-18(35)7-5-6-16-37-22-12-8-20(9-13-22)26-24(30)17-25-27(32-26)33-28(31-25)38-23-14-10-21(11-15-23)29(3,4)34-19(2)36/h8-15,17H,5-7,16H2,1-4H3,(H,34,36)(H,31,32,33). The molecule has 0 bridgehead atoms. The van der Waals surface area contributed by atoms with E-state index in [-0.39, 0.29) is 11.7 Å². The van der Waals surface area contributed by atoms with Gasteiger partial charge in [0, 0.05) is 18.9 Å². The summed E-state index contributed by atoms with van der Waals surface area (Å²) >= 11 is 6.55. The molecule has 38 heavy (non-hydrogen) atoms. The van der Waals surface area contributed by atoms with Gasteiger partial charge in [-0.2, -0.15) is 4.98 Å². The van der Waals surface area contributed by atoms with E-state index in [0.717, 1.165) is 29.7 Å². The van der Waals surface area contributed by atoms with Gasteiger partial charge < -0.3 is 24.6 Å². The number of halogens is 1. The Morgan fingerprint density at radius 3 is 2.32 bits per heavy atom. The first kappa shape index (κ1) is 27.1. The Labute approximate surface area is 226 Å². The van der Waals surface area contributed by atoms with Crippen molar-refractivity contribution >= 4 is 34.5 Å². The summed E-state index contributed by atoms with van der Waals surface area (Å²) in [5, 5.41) is 3.41. The van der Waals surface area contributed by atoms with Crippen LogP contribution in [-0.2, 0) is 15.1 Å². The number of hydrogen-bond donors (Lipinski definition) is 2. The van der Waals surface area contributed by atoms with Gasteiger partial charge in [-0.15, -0.1) is 0 Å². The smallest absolute Gasteiger partial charge is 0.301 e. The number of carbonyl (C=O) groups excluding carboxylic acids is 2. The number of carbonyl (C=O) groups is 2. The average Bonchev–Trinajstić information content (AvgIpc) is 3.24. The van der Waals surface area contributed by atoms with Crippen LogP contribution in [0.1, 0.15) is 52.5 Å². The number of ketones is 1. The van der Waals surface area contributed by atoms with Gasteiger partial charge in [0.05, 0.1) is 28.4 Å². The van der Waals surface area contributed by atoms with E-state index >= 15 is 0 Å². The maximum absolute atomic E-state index is 11.5. The second-order valence-electron chi connectivity index (χ2n) is 9.70. The monoisotopic (exact) mass is 534 g/mol. The summed E-state index contributed by atoms with van der Waals surface area (Å²) in [6.45, 7) is 7.54. The van der Waals surface area contributed by atoms with Gasteiger partial charge in [0.15, 0.2) is 5.65 Å². The van der Waals surface area contributed by atoms with Crippen LogP contribution in [0.5, 0.6) is 17.5 Å². The van der Waals surface area contributed by atoms with E-state index in [1.807, 2.05) is 62.4 Å². The SMILES string of the molecule is CC(=O)CCCCOc1ccc(-c2nc3nc(Oc4ccc(C(C)(C)NC(C)=O)cc4)[nH]c3cc2Cl)cc1. The highest BCUT2D eigenvalue weighted by atomic mass is 35.5. The molecule has 0 atom stereocenters. The fourth-order valence-corrected chi connectivity index (χ4v) is 4.35. The molecule has 0 fully saturated rings. The van der Waals surface area contributed by atoms with Gasteiger partial charge in [-0.25, -0.2) is 4.98 Å². The molecule has 0 spiro atoms. The highest BCUT2D eigenvalue weighted by Gasteiger charge is 2.21. The third kappa shape index (κ3) is 6.89. The molecule has 0 unspecified atom stereocenters. The molecule has 198 valence electrons. The number of hydrogen-bond acceptors (Lipinski definition) is 6. The lowest BCUT2D eigenvalue weighted by molar-refractivity contribution is -0.120. The lowest BCUT2D eigenvalue weighted by Gasteiger charge is -2.26. The van der Waals surface area contributed by atoms with E-state index in [4.69, 9.17) is 21.1 Å². The maximum atomic E-state index is 11.5. The van der Waals surface area contributed by atoms with Crippen molar-refractivity contribution in [3.05, 3.63) is 65.2 Å². The molecule has 0 aliphatic heterocycles. The van der Waals surface area contributed by atoms with Crippen LogP contribution in [0.15, 0.2) is 54.6 Å². The lowest BCUT2D eigenvalue weighted by Crippen LogP contribution is -2.39. The molecule has 0 saturated heterocycles. The summed E-state index contributed by atoms with van der Waals surface area (Å²) in [5.41, 5.74) is 3.03. The fraction of sp³-hybridized carbons (Fsp3) is 0.310. The van der Waals surface area contributed by atoms with Crippen molar-refractivity contribution in [3.63, 3.8) is 0 Å². The summed E-state index contributed by atoms with van der Waals surface area (Å²) in [6, 6.07) is 17.1. The lowest BCUT2D eigenvalue weighted by atomic mass is 9.94. The van der Waals surface area contributed by atoms with Crippen LogP contribution in [0, 0.1) is 0 Å². The molecule has 4 rings (SSSR count). The van der Waals surface area contributed by atoms with Crippen LogP contribution in [0.3, 0.4) is 0 Å². The number of nitrogens with zero attached hydrogens (tertiary/aromatic N) is 2. The number of aromatic amines is 1. The number of pyridine rings is 1. The highest BCUT2D eigenvalue weighted by Crippen LogP contribution is 2.32. The number of nitrogens with one attached hydrogen (secondary N) is 2. The van der Waals surface area contributed by atoms with E-state index in [0.29, 0.717) is 46.7 Å². The van der Waals surface area contributed by atoms with Gasteiger partial charge in [-0.1, -0.05) is 23.7 Å². The third-order valence-corrected chi connectivity index (χ3v) is 6.29. The molecule has 0 aliphatic rings. The predicted octanol–water partition coefficient (Wildman–Crippen LogP) is 6.58. The van der Waals surface area contributed by atoms with Crippen molar-refractivity contribution in [3.8, 4) is 28.8 Å². The van der Waals surface area contributed by atoms with Crippen LogP contribution in [0.2, 0.25) is 5.02 Å². The van der Waals surface area contributed by atoms with Crippen LogP contribution in [0.25, 0.3) is 22.4 Å². The molecule has 2 heterocycles. The molecular weight excluding hydrogens is 504 g/mol. The van der Waals surface area contributed by atoms with Crippen LogP contribution in [0.4, 0.5) is 0 Å². The zero-order valence-electron chi connectivity index (χ0n) is 21.9. The van der Waals surface area contributed by atoms with Crippen LogP contribution >= 0.6 is 11.6 Å². The average molecular weight is 535 g/mol. The van der Waals surface area contributed by atoms with Gasteiger partial charge in [0.25, 0.3) is 0 Å². The van der Waals surface area contributed by atoms with Gasteiger partial charge in [0.2, 0.25) is 5.91 Å². The zero-order valence-corrected chi connectivity index (χ0v) is 22.7. The second-order valence-corrected chi connectivity index (χ2v) is 10.1. The predicted molar refractivity (Wildman–Crippen MR) is 148 cm³/mol. The Bertz CT molecular complexity index is 1430. The molecule has 0 aliphatic carbocycles. The molecule has 9 heteroatoms. The minimum Gasteiger partial charge on any atom is -0.494 e. The molecule has 0 saturated carbocycles. The topological polar surface area (TPSA) is 106 Å². The Morgan fingerprint density at radius 2 is 1.66 bits per heavy atom. The van der Waals surface area contributed by atoms with E-state index in [1.165, 1.54) is 6.92 Å². The molecule has 4 aromatic rings. The van der Waals surface area contributed by atoms with E-state index in [1.54, 1.807) is 13.0 Å². The molecule has 2 N–H and O–H groups in total. The quantitative estimate of drug-likeness (QED) is 0.210. The first-order valence-corrected chi connectivity index (χ1v) is 12.8. The summed E-state index contributed by atoms with van der Waals surface area (Å²) in [4.78, 5) is 34.7. The molecule has 2 aromatic heterocycles. The minimum atomic E-state index is -0.499.